The second-order valence-corrected chi connectivity index (χ2v) is 5.29. The van der Waals surface area contributed by atoms with Crippen LogP contribution >= 0.6 is 0 Å². The number of aromatic nitrogens is 2. The van der Waals surface area contributed by atoms with Crippen molar-refractivity contribution in [3.8, 4) is 0 Å². The van der Waals surface area contributed by atoms with Crippen molar-refractivity contribution in [3.05, 3.63) is 77.6 Å². The molecule has 0 fully saturated rings. The number of halogens is 2. The Morgan fingerprint density at radius 1 is 1.00 bits per heavy atom. The molecule has 3 aromatic rings. The van der Waals surface area contributed by atoms with Crippen LogP contribution in [0.4, 0.5) is 26.1 Å². The first-order chi connectivity index (χ1) is 12.0. The Labute approximate surface area is 142 Å². The highest BCUT2D eigenvalue weighted by atomic mass is 19.1. The molecule has 25 heavy (non-hydrogen) atoms. The van der Waals surface area contributed by atoms with E-state index < -0.39 is 17.5 Å². The monoisotopic (exact) mass is 340 g/mol. The maximum absolute atomic E-state index is 13.7. The van der Waals surface area contributed by atoms with E-state index in [-0.39, 0.29) is 17.3 Å². The third-order valence-electron chi connectivity index (χ3n) is 3.30. The van der Waals surface area contributed by atoms with Crippen molar-refractivity contribution in [2.75, 3.05) is 10.6 Å². The van der Waals surface area contributed by atoms with Gasteiger partial charge in [0.2, 0.25) is 5.95 Å². The minimum atomic E-state index is -0.777. The van der Waals surface area contributed by atoms with Crippen LogP contribution in [-0.2, 0) is 0 Å². The minimum absolute atomic E-state index is 0.0152. The number of carbonyl (C=O) groups is 1. The summed E-state index contributed by atoms with van der Waals surface area (Å²) < 4.78 is 26.7. The number of hydrogen-bond acceptors (Lipinski definition) is 4. The molecule has 5 nitrogen and oxygen atoms in total. The number of rotatable bonds is 4. The fourth-order valence-electron chi connectivity index (χ4n) is 2.17. The molecule has 1 heterocycles. The van der Waals surface area contributed by atoms with E-state index in [4.69, 9.17) is 0 Å². The number of carbonyl (C=O) groups excluding carboxylic acids is 1. The molecule has 0 aliphatic carbocycles. The molecule has 2 N–H and O–H groups in total. The summed E-state index contributed by atoms with van der Waals surface area (Å²) in [5.41, 5.74) is 1.30. The highest BCUT2D eigenvalue weighted by Crippen LogP contribution is 2.19. The van der Waals surface area contributed by atoms with Crippen molar-refractivity contribution in [1.82, 2.24) is 9.97 Å². The molecule has 1 aromatic heterocycles. The van der Waals surface area contributed by atoms with E-state index >= 15 is 0 Å². The van der Waals surface area contributed by atoms with Crippen molar-refractivity contribution in [2.24, 2.45) is 0 Å². The molecule has 3 rings (SSSR count). The molecule has 0 saturated carbocycles. The first-order valence-electron chi connectivity index (χ1n) is 7.45. The summed E-state index contributed by atoms with van der Waals surface area (Å²) >= 11 is 0. The number of nitrogens with one attached hydrogen (secondary N) is 2. The molecular formula is C18H14F2N4O. The molecule has 0 aliphatic heterocycles. The van der Waals surface area contributed by atoms with E-state index in [0.29, 0.717) is 11.4 Å². The van der Waals surface area contributed by atoms with Crippen molar-refractivity contribution in [3.63, 3.8) is 0 Å². The number of para-hydroxylation sites is 1. The Kier molecular flexibility index (Phi) is 4.65. The van der Waals surface area contributed by atoms with Crippen molar-refractivity contribution >= 4 is 23.2 Å². The van der Waals surface area contributed by atoms with Gasteiger partial charge in [-0.25, -0.2) is 18.7 Å². The zero-order chi connectivity index (χ0) is 17.8. The van der Waals surface area contributed by atoms with Crippen LogP contribution in [0.15, 0.2) is 54.6 Å². The van der Waals surface area contributed by atoms with E-state index in [1.165, 1.54) is 12.1 Å². The van der Waals surface area contributed by atoms with Gasteiger partial charge in [-0.2, -0.15) is 0 Å². The Morgan fingerprint density at radius 3 is 2.48 bits per heavy atom. The molecule has 126 valence electrons. The molecule has 0 bridgehead atoms. The quantitative estimate of drug-likeness (QED) is 0.752. The molecule has 0 unspecified atom stereocenters. The second-order valence-electron chi connectivity index (χ2n) is 5.29. The number of hydrogen-bond donors (Lipinski definition) is 2. The van der Waals surface area contributed by atoms with Gasteiger partial charge >= 0.3 is 0 Å². The highest BCUT2D eigenvalue weighted by molar-refractivity contribution is 6.03. The van der Waals surface area contributed by atoms with Gasteiger partial charge in [0.15, 0.2) is 0 Å². The van der Waals surface area contributed by atoms with E-state index in [1.54, 1.807) is 31.2 Å². The zero-order valence-electron chi connectivity index (χ0n) is 13.3. The summed E-state index contributed by atoms with van der Waals surface area (Å²) in [5, 5.41) is 5.37. The van der Waals surface area contributed by atoms with Crippen LogP contribution in [0, 0.1) is 18.6 Å². The lowest BCUT2D eigenvalue weighted by Gasteiger charge is -2.09. The molecule has 0 atom stereocenters. The summed E-state index contributed by atoms with van der Waals surface area (Å²) in [4.78, 5) is 20.5. The van der Waals surface area contributed by atoms with Crippen LogP contribution in [0.3, 0.4) is 0 Å². The Morgan fingerprint density at radius 2 is 1.76 bits per heavy atom. The maximum atomic E-state index is 13.7. The van der Waals surface area contributed by atoms with Crippen LogP contribution in [-0.4, -0.2) is 15.9 Å². The van der Waals surface area contributed by atoms with Crippen LogP contribution in [0.2, 0.25) is 0 Å². The standard InChI is InChI=1S/C18H14F2N4O/c1-11-9-16(17(25)22-13-5-3-2-4-6-13)24-18(21-11)23-15-8-7-12(19)10-14(15)20/h2-10H,1H3,(H,22,25)(H,21,23,24). The minimum Gasteiger partial charge on any atom is -0.322 e. The van der Waals surface area contributed by atoms with Crippen molar-refractivity contribution in [2.45, 2.75) is 6.92 Å². The molecule has 2 aromatic carbocycles. The van der Waals surface area contributed by atoms with Gasteiger partial charge in [-0.15, -0.1) is 0 Å². The maximum Gasteiger partial charge on any atom is 0.274 e. The summed E-state index contributed by atoms with van der Waals surface area (Å²) in [6, 6.07) is 13.5. The Hall–Kier alpha value is -3.35. The summed E-state index contributed by atoms with van der Waals surface area (Å²) in [7, 11) is 0. The van der Waals surface area contributed by atoms with E-state index in [9.17, 15) is 13.6 Å². The Bertz CT molecular complexity index is 916. The van der Waals surface area contributed by atoms with Crippen LogP contribution in [0.1, 0.15) is 16.2 Å². The molecule has 0 aliphatic rings. The van der Waals surface area contributed by atoms with E-state index in [2.05, 4.69) is 20.6 Å². The fraction of sp³-hybridized carbons (Fsp3) is 0.0556. The molecular weight excluding hydrogens is 326 g/mol. The lowest BCUT2D eigenvalue weighted by atomic mass is 10.3. The summed E-state index contributed by atoms with van der Waals surface area (Å²) in [6.07, 6.45) is 0. The van der Waals surface area contributed by atoms with Gasteiger partial charge in [-0.1, -0.05) is 18.2 Å². The normalized spacial score (nSPS) is 10.4. The van der Waals surface area contributed by atoms with Gasteiger partial charge in [0.1, 0.15) is 17.3 Å². The lowest BCUT2D eigenvalue weighted by Crippen LogP contribution is -2.15. The van der Waals surface area contributed by atoms with Gasteiger partial charge in [0.25, 0.3) is 5.91 Å². The Balaban J connectivity index is 1.84. The average molecular weight is 340 g/mol. The third-order valence-corrected chi connectivity index (χ3v) is 3.30. The fourth-order valence-corrected chi connectivity index (χ4v) is 2.17. The average Bonchev–Trinajstić information content (AvgIpc) is 2.58. The van der Waals surface area contributed by atoms with Crippen molar-refractivity contribution < 1.29 is 13.6 Å². The molecule has 0 saturated heterocycles. The number of anilines is 3. The largest absolute Gasteiger partial charge is 0.322 e. The smallest absolute Gasteiger partial charge is 0.274 e. The molecule has 0 radical (unpaired) electrons. The van der Waals surface area contributed by atoms with Gasteiger partial charge in [0, 0.05) is 17.4 Å². The predicted octanol–water partition coefficient (Wildman–Crippen LogP) is 4.06. The number of benzene rings is 2. The highest BCUT2D eigenvalue weighted by Gasteiger charge is 2.12. The van der Waals surface area contributed by atoms with Gasteiger partial charge < -0.3 is 10.6 Å². The summed E-state index contributed by atoms with van der Waals surface area (Å²) in [6.45, 7) is 1.69. The van der Waals surface area contributed by atoms with Crippen LogP contribution in [0.25, 0.3) is 0 Å². The second kappa shape index (κ2) is 7.04. The lowest BCUT2D eigenvalue weighted by molar-refractivity contribution is 0.102. The summed E-state index contributed by atoms with van der Waals surface area (Å²) in [5.74, 6) is -1.83. The zero-order valence-corrected chi connectivity index (χ0v) is 13.3. The number of amides is 1. The van der Waals surface area contributed by atoms with Gasteiger partial charge in [0.05, 0.1) is 5.69 Å². The number of nitrogens with zero attached hydrogens (tertiary/aromatic N) is 2. The van der Waals surface area contributed by atoms with E-state index in [0.717, 1.165) is 12.1 Å². The predicted molar refractivity (Wildman–Crippen MR) is 90.8 cm³/mol. The van der Waals surface area contributed by atoms with Crippen LogP contribution in [0.5, 0.6) is 0 Å². The SMILES string of the molecule is Cc1cc(C(=O)Nc2ccccc2)nc(Nc2ccc(F)cc2F)n1. The van der Waals surface area contributed by atoms with Crippen molar-refractivity contribution in [1.29, 1.82) is 0 Å². The molecule has 1 amide bonds. The first kappa shape index (κ1) is 16.5. The van der Waals surface area contributed by atoms with Crippen LogP contribution < -0.4 is 10.6 Å². The number of aryl methyl sites for hydroxylation is 1. The first-order valence-corrected chi connectivity index (χ1v) is 7.45. The van der Waals surface area contributed by atoms with Gasteiger partial charge in [-0.3, -0.25) is 4.79 Å². The third kappa shape index (κ3) is 4.14. The molecule has 7 heteroatoms. The molecule has 0 spiro atoms. The topological polar surface area (TPSA) is 66.9 Å². The van der Waals surface area contributed by atoms with E-state index in [1.807, 2.05) is 6.07 Å². The van der Waals surface area contributed by atoms with Gasteiger partial charge in [-0.05, 0) is 37.3 Å².